The lowest BCUT2D eigenvalue weighted by Crippen LogP contribution is -2.27. The summed E-state index contributed by atoms with van der Waals surface area (Å²) in [5.74, 6) is -0.138. The first-order chi connectivity index (χ1) is 9.12. The van der Waals surface area contributed by atoms with Crippen molar-refractivity contribution < 1.29 is 14.6 Å². The van der Waals surface area contributed by atoms with E-state index >= 15 is 0 Å². The molecule has 0 saturated carbocycles. The van der Waals surface area contributed by atoms with E-state index in [2.05, 4.69) is 18.7 Å². The largest absolute Gasteiger partial charge is 0.492 e. The zero-order valence-electron chi connectivity index (χ0n) is 12.0. The molecule has 0 heterocycles. The number of aromatic carboxylic acids is 1. The first kappa shape index (κ1) is 15.5. The van der Waals surface area contributed by atoms with Gasteiger partial charge in [0.05, 0.1) is 5.56 Å². The van der Waals surface area contributed by atoms with Gasteiger partial charge in [-0.25, -0.2) is 4.79 Å². The highest BCUT2D eigenvalue weighted by Crippen LogP contribution is 2.18. The Bertz CT molecular complexity index is 414. The minimum Gasteiger partial charge on any atom is -0.492 e. The van der Waals surface area contributed by atoms with Gasteiger partial charge in [-0.3, -0.25) is 0 Å². The number of carboxylic acids is 1. The Balaban J connectivity index is 2.62. The van der Waals surface area contributed by atoms with Crippen LogP contribution in [0.4, 0.5) is 0 Å². The quantitative estimate of drug-likeness (QED) is 0.785. The second-order valence-electron chi connectivity index (χ2n) is 4.35. The standard InChI is InChI=1S/C15H23NO3/c1-4-12-11-13(7-8-14(12)15(17)18)19-10-9-16(5-2)6-3/h7-8,11H,4-6,9-10H2,1-3H3,(H,17,18). The van der Waals surface area contributed by atoms with Gasteiger partial charge in [-0.1, -0.05) is 20.8 Å². The van der Waals surface area contributed by atoms with E-state index in [9.17, 15) is 4.79 Å². The van der Waals surface area contributed by atoms with Crippen LogP contribution in [-0.2, 0) is 6.42 Å². The number of ether oxygens (including phenoxy) is 1. The molecule has 4 heteroatoms. The lowest BCUT2D eigenvalue weighted by Gasteiger charge is -2.18. The molecule has 4 nitrogen and oxygen atoms in total. The highest BCUT2D eigenvalue weighted by Gasteiger charge is 2.09. The summed E-state index contributed by atoms with van der Waals surface area (Å²) in [6.07, 6.45) is 0.689. The normalized spacial score (nSPS) is 10.7. The second kappa shape index (κ2) is 7.79. The van der Waals surface area contributed by atoms with E-state index in [1.165, 1.54) is 0 Å². The fraction of sp³-hybridized carbons (Fsp3) is 0.533. The van der Waals surface area contributed by atoms with Crippen LogP contribution in [0, 0.1) is 0 Å². The number of nitrogens with zero attached hydrogens (tertiary/aromatic N) is 1. The van der Waals surface area contributed by atoms with Crippen molar-refractivity contribution in [2.45, 2.75) is 27.2 Å². The molecule has 0 atom stereocenters. The molecule has 0 aliphatic heterocycles. The third-order valence-corrected chi connectivity index (χ3v) is 3.26. The van der Waals surface area contributed by atoms with Crippen molar-refractivity contribution in [1.29, 1.82) is 0 Å². The van der Waals surface area contributed by atoms with Crippen LogP contribution >= 0.6 is 0 Å². The third-order valence-electron chi connectivity index (χ3n) is 3.26. The van der Waals surface area contributed by atoms with Gasteiger partial charge in [-0.15, -0.1) is 0 Å². The molecule has 0 aliphatic rings. The van der Waals surface area contributed by atoms with Gasteiger partial charge in [0.15, 0.2) is 0 Å². The molecule has 106 valence electrons. The molecule has 0 aliphatic carbocycles. The molecule has 19 heavy (non-hydrogen) atoms. The van der Waals surface area contributed by atoms with Crippen LogP contribution in [0.1, 0.15) is 36.7 Å². The molecule has 0 amide bonds. The van der Waals surface area contributed by atoms with Crippen molar-refractivity contribution in [2.24, 2.45) is 0 Å². The zero-order valence-corrected chi connectivity index (χ0v) is 12.0. The van der Waals surface area contributed by atoms with Gasteiger partial charge in [0.2, 0.25) is 0 Å². The average molecular weight is 265 g/mol. The van der Waals surface area contributed by atoms with E-state index in [-0.39, 0.29) is 0 Å². The predicted octanol–water partition coefficient (Wildman–Crippen LogP) is 2.67. The molecular weight excluding hydrogens is 242 g/mol. The van der Waals surface area contributed by atoms with Gasteiger partial charge < -0.3 is 14.7 Å². The van der Waals surface area contributed by atoms with Crippen LogP contribution in [0.5, 0.6) is 5.75 Å². The maximum absolute atomic E-state index is 11.0. The Morgan fingerprint density at radius 2 is 1.95 bits per heavy atom. The predicted molar refractivity (Wildman–Crippen MR) is 76.1 cm³/mol. The lowest BCUT2D eigenvalue weighted by molar-refractivity contribution is 0.0695. The van der Waals surface area contributed by atoms with Crippen LogP contribution < -0.4 is 4.74 Å². The molecule has 0 fully saturated rings. The molecule has 0 bridgehead atoms. The van der Waals surface area contributed by atoms with Gasteiger partial charge in [-0.05, 0) is 43.3 Å². The first-order valence-corrected chi connectivity index (χ1v) is 6.83. The Labute approximate surface area is 115 Å². The topological polar surface area (TPSA) is 49.8 Å². The van der Waals surface area contributed by atoms with Crippen LogP contribution in [0.3, 0.4) is 0 Å². The number of aryl methyl sites for hydroxylation is 1. The number of carbonyl (C=O) groups is 1. The molecule has 1 N–H and O–H groups in total. The molecule has 0 radical (unpaired) electrons. The lowest BCUT2D eigenvalue weighted by atomic mass is 10.1. The van der Waals surface area contributed by atoms with Crippen molar-refractivity contribution in [3.8, 4) is 5.75 Å². The van der Waals surface area contributed by atoms with Crippen LogP contribution in [0.2, 0.25) is 0 Å². The number of hydrogen-bond donors (Lipinski definition) is 1. The molecule has 0 saturated heterocycles. The summed E-state index contributed by atoms with van der Waals surface area (Å²) in [7, 11) is 0. The van der Waals surface area contributed by atoms with E-state index in [1.807, 2.05) is 13.0 Å². The van der Waals surface area contributed by atoms with Gasteiger partial charge in [0.25, 0.3) is 0 Å². The van der Waals surface area contributed by atoms with Gasteiger partial charge in [-0.2, -0.15) is 0 Å². The maximum Gasteiger partial charge on any atom is 0.335 e. The van der Waals surface area contributed by atoms with Crippen molar-refractivity contribution in [2.75, 3.05) is 26.2 Å². The number of benzene rings is 1. The maximum atomic E-state index is 11.0. The monoisotopic (exact) mass is 265 g/mol. The van der Waals surface area contributed by atoms with Crippen LogP contribution in [-0.4, -0.2) is 42.2 Å². The molecule has 0 unspecified atom stereocenters. The summed E-state index contributed by atoms with van der Waals surface area (Å²) >= 11 is 0. The van der Waals surface area contributed by atoms with Gasteiger partial charge in [0, 0.05) is 6.54 Å². The minimum atomic E-state index is -0.883. The van der Waals surface area contributed by atoms with Crippen LogP contribution in [0.15, 0.2) is 18.2 Å². The van der Waals surface area contributed by atoms with Crippen molar-refractivity contribution in [1.82, 2.24) is 4.90 Å². The summed E-state index contributed by atoms with van der Waals surface area (Å²) in [5, 5.41) is 9.05. The van der Waals surface area contributed by atoms with Crippen molar-refractivity contribution in [3.05, 3.63) is 29.3 Å². The molecule has 1 rings (SSSR count). The van der Waals surface area contributed by atoms with E-state index < -0.39 is 5.97 Å². The average Bonchev–Trinajstić information content (AvgIpc) is 2.43. The Hall–Kier alpha value is -1.55. The molecule has 1 aromatic rings. The van der Waals surface area contributed by atoms with E-state index in [0.717, 1.165) is 30.9 Å². The summed E-state index contributed by atoms with van der Waals surface area (Å²) in [6, 6.07) is 5.17. The molecule has 1 aromatic carbocycles. The number of rotatable bonds is 8. The SMILES string of the molecule is CCc1cc(OCCN(CC)CC)ccc1C(=O)O. The first-order valence-electron chi connectivity index (χ1n) is 6.83. The minimum absolute atomic E-state index is 0.360. The smallest absolute Gasteiger partial charge is 0.335 e. The van der Waals surface area contributed by atoms with E-state index in [0.29, 0.717) is 18.6 Å². The Morgan fingerprint density at radius 1 is 1.26 bits per heavy atom. The molecule has 0 spiro atoms. The fourth-order valence-electron chi connectivity index (χ4n) is 1.99. The Morgan fingerprint density at radius 3 is 2.47 bits per heavy atom. The van der Waals surface area contributed by atoms with Crippen LogP contribution in [0.25, 0.3) is 0 Å². The number of likely N-dealkylation sites (N-methyl/N-ethyl adjacent to an activating group) is 1. The van der Waals surface area contributed by atoms with Gasteiger partial charge in [0.1, 0.15) is 12.4 Å². The summed E-state index contributed by atoms with van der Waals surface area (Å²) in [4.78, 5) is 13.3. The third kappa shape index (κ3) is 4.56. The fourth-order valence-corrected chi connectivity index (χ4v) is 1.99. The highest BCUT2D eigenvalue weighted by atomic mass is 16.5. The van der Waals surface area contributed by atoms with E-state index in [1.54, 1.807) is 12.1 Å². The van der Waals surface area contributed by atoms with Crippen molar-refractivity contribution >= 4 is 5.97 Å². The highest BCUT2D eigenvalue weighted by molar-refractivity contribution is 5.89. The second-order valence-corrected chi connectivity index (χ2v) is 4.35. The van der Waals surface area contributed by atoms with Gasteiger partial charge >= 0.3 is 5.97 Å². The summed E-state index contributed by atoms with van der Waals surface area (Å²) < 4.78 is 5.68. The van der Waals surface area contributed by atoms with Crippen molar-refractivity contribution in [3.63, 3.8) is 0 Å². The number of hydrogen-bond acceptors (Lipinski definition) is 3. The summed E-state index contributed by atoms with van der Waals surface area (Å²) in [6.45, 7) is 9.73. The van der Waals surface area contributed by atoms with E-state index in [4.69, 9.17) is 9.84 Å². The zero-order chi connectivity index (χ0) is 14.3. The molecular formula is C15H23NO3. The molecule has 0 aromatic heterocycles. The Kier molecular flexibility index (Phi) is 6.36. The number of carboxylic acid groups (broad SMARTS) is 1. The summed E-state index contributed by atoms with van der Waals surface area (Å²) in [5.41, 5.74) is 1.17.